The number of hydrogen-bond donors (Lipinski definition) is 0. The standard InChI is InChI=1S/C66H44N2O2.C54H40N2O2/c1-3-12-45(13-4-1)47-22-31-52(32-23-47)67(53-33-24-48(25-34-53)46-14-5-2-6-15-46)56-39-41-57(42-40-56)68(54-35-26-49(27-36-54)51-30-43-61-59-16-7-9-20-63(59)69-65(61)44-51)55-37-28-50(29-38-55)58-18-11-19-62-60-17-8-10-21-64(60)70-66(58)62;1-3-16-43(17-4-1)55(44-18-5-2-6-19-44)47-33-35-48(36-34-47)56(45-29-25-40(26-30-45)39-14-11-15-42-13-7-9-23-52(42)57-38-37-39)46-31-27-41(28-32-46)49-21-12-22-51-50-20-8-10-24-53(50)58-54(49)51/h1-44H;1-14,16-37H,15,38H2. The van der Waals surface area contributed by atoms with Crippen LogP contribution in [0.1, 0.15) is 11.1 Å². The summed E-state index contributed by atoms with van der Waals surface area (Å²) in [6.45, 7) is 0.508. The largest absolute Gasteiger partial charge is 0.489 e. The van der Waals surface area contributed by atoms with Crippen LogP contribution in [0.25, 0.3) is 127 Å². The van der Waals surface area contributed by atoms with E-state index in [9.17, 15) is 0 Å². The molecule has 23 rings (SSSR count). The maximum Gasteiger partial charge on any atom is 0.143 e. The van der Waals surface area contributed by atoms with Crippen LogP contribution in [-0.4, -0.2) is 6.61 Å². The molecule has 1 aliphatic rings. The third kappa shape index (κ3) is 15.3. The van der Waals surface area contributed by atoms with Crippen LogP contribution in [0.4, 0.5) is 68.2 Å². The number of ether oxygens (including phenoxy) is 1. The summed E-state index contributed by atoms with van der Waals surface area (Å²) in [5.74, 6) is 0.942. The average molecular weight is 1650 g/mol. The molecule has 1 aliphatic heterocycles. The van der Waals surface area contributed by atoms with Gasteiger partial charge in [0.15, 0.2) is 0 Å². The molecule has 0 unspecified atom stereocenters. The normalized spacial score (nSPS) is 11.9. The van der Waals surface area contributed by atoms with Crippen molar-refractivity contribution in [1.29, 1.82) is 0 Å². The van der Waals surface area contributed by atoms with Crippen molar-refractivity contribution in [3.8, 4) is 61.4 Å². The van der Waals surface area contributed by atoms with Crippen molar-refractivity contribution in [2.24, 2.45) is 0 Å². The molecule has 608 valence electrons. The minimum Gasteiger partial charge on any atom is -0.489 e. The Morgan fingerprint density at radius 3 is 0.898 bits per heavy atom. The van der Waals surface area contributed by atoms with Crippen LogP contribution in [0.2, 0.25) is 0 Å². The van der Waals surface area contributed by atoms with Crippen LogP contribution in [-0.2, 0) is 6.42 Å². The maximum absolute atomic E-state index is 6.47. The van der Waals surface area contributed by atoms with Crippen molar-refractivity contribution < 1.29 is 18.0 Å². The fraction of sp³-hybridized carbons (Fsp3) is 0.0167. The van der Waals surface area contributed by atoms with E-state index in [0.717, 1.165) is 191 Å². The highest BCUT2D eigenvalue weighted by molar-refractivity contribution is 6.11. The summed E-state index contributed by atoms with van der Waals surface area (Å²) in [6, 6.07) is 165. The molecule has 0 fully saturated rings. The van der Waals surface area contributed by atoms with Crippen LogP contribution in [0.5, 0.6) is 5.75 Å². The van der Waals surface area contributed by atoms with E-state index < -0.39 is 0 Å². The van der Waals surface area contributed by atoms with Gasteiger partial charge in [0.1, 0.15) is 45.9 Å². The molecular weight excluding hydrogens is 1560 g/mol. The zero-order valence-corrected chi connectivity index (χ0v) is 70.0. The minimum atomic E-state index is 0.508. The number of fused-ring (bicyclic) bond motifs is 10. The summed E-state index contributed by atoms with van der Waals surface area (Å²) in [6.07, 6.45) is 7.42. The molecule has 0 saturated heterocycles. The van der Waals surface area contributed by atoms with Gasteiger partial charge in [-0.1, -0.05) is 297 Å². The summed E-state index contributed by atoms with van der Waals surface area (Å²) in [5.41, 5.74) is 32.9. The molecule has 0 atom stereocenters. The van der Waals surface area contributed by atoms with Gasteiger partial charge < -0.3 is 37.6 Å². The first-order chi connectivity index (χ1) is 63.4. The lowest BCUT2D eigenvalue weighted by molar-refractivity contribution is 0.360. The van der Waals surface area contributed by atoms with E-state index in [2.05, 4.69) is 456 Å². The molecule has 4 heterocycles. The maximum atomic E-state index is 6.47. The van der Waals surface area contributed by atoms with E-state index in [-0.39, 0.29) is 0 Å². The Morgan fingerprint density at radius 1 is 0.195 bits per heavy atom. The van der Waals surface area contributed by atoms with Crippen molar-refractivity contribution in [1.82, 2.24) is 0 Å². The van der Waals surface area contributed by atoms with Crippen LogP contribution >= 0.6 is 0 Å². The number of benzene rings is 19. The number of nitrogens with zero attached hydrogens (tertiary/aromatic N) is 4. The van der Waals surface area contributed by atoms with E-state index in [1.807, 2.05) is 48.5 Å². The van der Waals surface area contributed by atoms with Crippen molar-refractivity contribution in [2.45, 2.75) is 6.42 Å². The Morgan fingerprint density at radius 2 is 0.484 bits per heavy atom. The van der Waals surface area contributed by atoms with Crippen molar-refractivity contribution in [3.05, 3.63) is 496 Å². The first-order valence-electron chi connectivity index (χ1n) is 43.5. The molecule has 0 aliphatic carbocycles. The highest BCUT2D eigenvalue weighted by Crippen LogP contribution is 2.47. The Kier molecular flexibility index (Phi) is 20.7. The monoisotopic (exact) mass is 1640 g/mol. The number of para-hydroxylation sites is 8. The van der Waals surface area contributed by atoms with Gasteiger partial charge in [0, 0.05) is 112 Å². The summed E-state index contributed by atoms with van der Waals surface area (Å²) in [4.78, 5) is 9.27. The van der Waals surface area contributed by atoms with Gasteiger partial charge in [-0.05, 0) is 256 Å². The van der Waals surface area contributed by atoms with Gasteiger partial charge in [0.25, 0.3) is 0 Å². The van der Waals surface area contributed by atoms with Crippen LogP contribution in [0.3, 0.4) is 0 Å². The predicted molar refractivity (Wildman–Crippen MR) is 533 cm³/mol. The summed E-state index contributed by atoms with van der Waals surface area (Å²) < 4.78 is 25.3. The number of hydrogen-bond acceptors (Lipinski definition) is 8. The minimum absolute atomic E-state index is 0.508. The van der Waals surface area contributed by atoms with Gasteiger partial charge in [-0.3, -0.25) is 0 Å². The van der Waals surface area contributed by atoms with Crippen molar-refractivity contribution in [2.75, 3.05) is 26.2 Å². The first-order valence-corrected chi connectivity index (χ1v) is 43.5. The smallest absolute Gasteiger partial charge is 0.143 e. The molecule has 19 aromatic carbocycles. The van der Waals surface area contributed by atoms with Crippen molar-refractivity contribution >= 4 is 140 Å². The van der Waals surface area contributed by atoms with Gasteiger partial charge >= 0.3 is 0 Å². The molecule has 3 aromatic heterocycles. The molecule has 0 amide bonds. The van der Waals surface area contributed by atoms with Gasteiger partial charge in [0.05, 0.1) is 0 Å². The van der Waals surface area contributed by atoms with Gasteiger partial charge in [-0.15, -0.1) is 0 Å². The molecule has 128 heavy (non-hydrogen) atoms. The molecular formula is C120H84N4O4. The predicted octanol–water partition coefficient (Wildman–Crippen LogP) is 33.9. The van der Waals surface area contributed by atoms with Crippen LogP contribution < -0.4 is 24.3 Å². The Bertz CT molecular complexity index is 7640. The van der Waals surface area contributed by atoms with E-state index in [1.165, 1.54) is 27.8 Å². The van der Waals surface area contributed by atoms with Crippen molar-refractivity contribution in [3.63, 3.8) is 0 Å². The average Bonchev–Trinajstić information content (AvgIpc) is 1.59. The fourth-order valence-electron chi connectivity index (χ4n) is 18.0. The van der Waals surface area contributed by atoms with Gasteiger partial charge in [0.2, 0.25) is 0 Å². The molecule has 0 saturated carbocycles. The van der Waals surface area contributed by atoms with E-state index >= 15 is 0 Å². The third-order valence-electron chi connectivity index (χ3n) is 24.4. The number of allylic oxidation sites excluding steroid dienone is 3. The number of furan rings is 3. The first kappa shape index (κ1) is 77.1. The van der Waals surface area contributed by atoms with E-state index in [1.54, 1.807) is 0 Å². The number of rotatable bonds is 18. The third-order valence-corrected chi connectivity index (χ3v) is 24.4. The highest BCUT2D eigenvalue weighted by Gasteiger charge is 2.23. The molecule has 0 N–H and O–H groups in total. The second-order valence-electron chi connectivity index (χ2n) is 32.1. The number of anilines is 12. The Hall–Kier alpha value is -16.9. The summed E-state index contributed by atoms with van der Waals surface area (Å²) >= 11 is 0. The summed E-state index contributed by atoms with van der Waals surface area (Å²) in [7, 11) is 0. The fourth-order valence-corrected chi connectivity index (χ4v) is 18.0. The molecule has 0 spiro atoms. The van der Waals surface area contributed by atoms with Crippen LogP contribution in [0.15, 0.2) is 499 Å². The van der Waals surface area contributed by atoms with Gasteiger partial charge in [-0.2, -0.15) is 0 Å². The highest BCUT2D eigenvalue weighted by atomic mass is 16.5. The molecule has 0 bridgehead atoms. The SMILES string of the molecule is C1=CC(c2ccc(N(c3ccc(-c4cccc5c4oc4ccccc45)cc3)c3ccc(N(c4ccccc4)c4ccccc4)cc3)cc2)=CCOc2ccccc2C1.c1ccc(-c2ccc(N(c3ccc(-c4ccccc4)cc3)c3ccc(N(c4ccc(-c5ccc6c(c5)oc5ccccc56)cc4)c4ccc(-c5cccc6c5oc5ccccc56)cc4)cc3)cc2)cc1. The summed E-state index contributed by atoms with van der Waals surface area (Å²) in [5, 5.41) is 6.75. The quantitative estimate of drug-likeness (QED) is 0.0842. The topological polar surface area (TPSA) is 61.6 Å². The lowest BCUT2D eigenvalue weighted by Crippen LogP contribution is -2.12. The lowest BCUT2D eigenvalue weighted by Gasteiger charge is -2.29. The Balaban J connectivity index is 0.000000154. The van der Waals surface area contributed by atoms with E-state index in [0.29, 0.717) is 6.61 Å². The zero-order chi connectivity index (χ0) is 85.1. The lowest BCUT2D eigenvalue weighted by atomic mass is 10.0. The van der Waals surface area contributed by atoms with E-state index in [4.69, 9.17) is 18.0 Å². The van der Waals surface area contributed by atoms with Crippen LogP contribution in [0, 0.1) is 0 Å². The molecule has 8 heteroatoms. The van der Waals surface area contributed by atoms with Gasteiger partial charge in [-0.25, -0.2) is 0 Å². The molecule has 22 aromatic rings. The second-order valence-corrected chi connectivity index (χ2v) is 32.1. The molecule has 0 radical (unpaired) electrons. The Labute approximate surface area is 743 Å². The zero-order valence-electron chi connectivity index (χ0n) is 70.0. The molecule has 8 nitrogen and oxygen atoms in total. The second kappa shape index (κ2) is 34.4.